The van der Waals surface area contributed by atoms with Crippen LogP contribution >= 0.6 is 11.6 Å². The number of rotatable bonds is 2. The van der Waals surface area contributed by atoms with Gasteiger partial charge in [-0.05, 0) is 0 Å². The topological polar surface area (TPSA) is 87.3 Å². The molecule has 1 heterocycles. The predicted octanol–water partition coefficient (Wildman–Crippen LogP) is 0.507. The molecule has 7 heteroatoms. The van der Waals surface area contributed by atoms with E-state index in [-0.39, 0.29) is 22.5 Å². The summed E-state index contributed by atoms with van der Waals surface area (Å²) in [4.78, 5) is 18.5. The van der Waals surface area contributed by atoms with E-state index in [2.05, 4.69) is 14.7 Å². The highest BCUT2D eigenvalue weighted by Gasteiger charge is 2.17. The lowest BCUT2D eigenvalue weighted by Gasteiger charge is -2.05. The van der Waals surface area contributed by atoms with Crippen molar-refractivity contribution in [3.8, 4) is 5.88 Å². The standard InChI is InChI=1S/C7H8ClN3O3/c1-13-6-4(8)10-3(5(9)11-6)7(12)14-2/h1-2H3,(H2,9,11). The van der Waals surface area contributed by atoms with Crippen molar-refractivity contribution < 1.29 is 14.3 Å². The number of aromatic nitrogens is 2. The van der Waals surface area contributed by atoms with Crippen molar-refractivity contribution in [2.24, 2.45) is 0 Å². The van der Waals surface area contributed by atoms with Crippen molar-refractivity contribution in [1.82, 2.24) is 9.97 Å². The molecule has 1 aromatic heterocycles. The molecule has 0 atom stereocenters. The highest BCUT2D eigenvalue weighted by molar-refractivity contribution is 6.30. The summed E-state index contributed by atoms with van der Waals surface area (Å²) >= 11 is 5.64. The zero-order chi connectivity index (χ0) is 10.7. The number of carbonyl (C=O) groups is 1. The number of esters is 1. The van der Waals surface area contributed by atoms with E-state index in [1.807, 2.05) is 0 Å². The van der Waals surface area contributed by atoms with Crippen molar-refractivity contribution in [3.63, 3.8) is 0 Å². The van der Waals surface area contributed by atoms with Crippen LogP contribution in [0.1, 0.15) is 10.5 Å². The van der Waals surface area contributed by atoms with Crippen molar-refractivity contribution in [2.75, 3.05) is 20.0 Å². The molecule has 0 bridgehead atoms. The van der Waals surface area contributed by atoms with Crippen LogP contribution in [-0.4, -0.2) is 30.2 Å². The molecule has 0 aliphatic heterocycles. The van der Waals surface area contributed by atoms with Crippen LogP contribution in [-0.2, 0) is 4.74 Å². The summed E-state index contributed by atoms with van der Waals surface area (Å²) in [5, 5.41) is -0.0397. The van der Waals surface area contributed by atoms with Crippen molar-refractivity contribution >= 4 is 23.4 Å². The Kier molecular flexibility index (Phi) is 3.08. The third-order valence-electron chi connectivity index (χ3n) is 1.42. The number of nitrogen functional groups attached to an aromatic ring is 1. The Balaban J connectivity index is 3.21. The van der Waals surface area contributed by atoms with E-state index in [1.165, 1.54) is 14.2 Å². The van der Waals surface area contributed by atoms with E-state index in [9.17, 15) is 4.79 Å². The number of ether oxygens (including phenoxy) is 2. The molecule has 0 radical (unpaired) electrons. The maximum absolute atomic E-state index is 11.1. The summed E-state index contributed by atoms with van der Waals surface area (Å²) in [6.07, 6.45) is 0. The van der Waals surface area contributed by atoms with Gasteiger partial charge in [-0.15, -0.1) is 0 Å². The van der Waals surface area contributed by atoms with Gasteiger partial charge in [0.1, 0.15) is 0 Å². The Bertz CT molecular complexity index is 369. The van der Waals surface area contributed by atoms with Gasteiger partial charge in [0.05, 0.1) is 14.2 Å². The SMILES string of the molecule is COC(=O)c1nc(Cl)c(OC)nc1N. The van der Waals surface area contributed by atoms with E-state index < -0.39 is 5.97 Å². The fraction of sp³-hybridized carbons (Fsp3) is 0.286. The third-order valence-corrected chi connectivity index (χ3v) is 1.67. The molecule has 0 aliphatic rings. The van der Waals surface area contributed by atoms with Crippen LogP contribution < -0.4 is 10.5 Å². The normalized spacial score (nSPS) is 9.64. The molecular formula is C7H8ClN3O3. The Labute approximate surface area is 85.0 Å². The number of hydrogen-bond acceptors (Lipinski definition) is 6. The number of carbonyl (C=O) groups excluding carboxylic acids is 1. The van der Waals surface area contributed by atoms with E-state index in [0.717, 1.165) is 0 Å². The summed E-state index contributed by atoms with van der Waals surface area (Å²) in [5.41, 5.74) is 5.30. The van der Waals surface area contributed by atoms with E-state index in [4.69, 9.17) is 22.1 Å². The van der Waals surface area contributed by atoms with Crippen molar-refractivity contribution in [3.05, 3.63) is 10.8 Å². The van der Waals surface area contributed by atoms with Crippen molar-refractivity contribution in [1.29, 1.82) is 0 Å². The Morgan fingerprint density at radius 2 is 2.07 bits per heavy atom. The molecule has 1 aromatic rings. The largest absolute Gasteiger partial charge is 0.479 e. The molecule has 0 saturated heterocycles. The molecule has 0 fully saturated rings. The van der Waals surface area contributed by atoms with E-state index in [1.54, 1.807) is 0 Å². The fourth-order valence-electron chi connectivity index (χ4n) is 0.788. The first-order chi connectivity index (χ1) is 6.60. The first-order valence-corrected chi connectivity index (χ1v) is 3.93. The van der Waals surface area contributed by atoms with Crippen LogP contribution in [0.15, 0.2) is 0 Å². The highest BCUT2D eigenvalue weighted by Crippen LogP contribution is 2.22. The second-order valence-electron chi connectivity index (χ2n) is 2.25. The molecule has 0 amide bonds. The zero-order valence-corrected chi connectivity index (χ0v) is 8.33. The number of nitrogens with two attached hydrogens (primary N) is 1. The van der Waals surface area contributed by atoms with Gasteiger partial charge in [-0.3, -0.25) is 0 Å². The molecule has 0 spiro atoms. The van der Waals surface area contributed by atoms with Crippen LogP contribution in [0, 0.1) is 0 Å². The Morgan fingerprint density at radius 1 is 1.43 bits per heavy atom. The number of halogens is 1. The average Bonchev–Trinajstić information content (AvgIpc) is 2.19. The molecular weight excluding hydrogens is 210 g/mol. The van der Waals surface area contributed by atoms with Crippen LogP contribution in [0.5, 0.6) is 5.88 Å². The number of nitrogens with zero attached hydrogens (tertiary/aromatic N) is 2. The van der Waals surface area contributed by atoms with E-state index in [0.29, 0.717) is 0 Å². The maximum atomic E-state index is 11.1. The fourth-order valence-corrected chi connectivity index (χ4v) is 0.992. The third kappa shape index (κ3) is 1.85. The van der Waals surface area contributed by atoms with Gasteiger partial charge in [-0.25, -0.2) is 9.78 Å². The predicted molar refractivity (Wildman–Crippen MR) is 49.3 cm³/mol. The molecule has 76 valence electrons. The van der Waals surface area contributed by atoms with Crippen LogP contribution in [0.2, 0.25) is 5.15 Å². The number of anilines is 1. The average molecular weight is 218 g/mol. The molecule has 14 heavy (non-hydrogen) atoms. The van der Waals surface area contributed by atoms with Crippen LogP contribution in [0.25, 0.3) is 0 Å². The molecule has 0 saturated carbocycles. The van der Waals surface area contributed by atoms with Crippen LogP contribution in [0.3, 0.4) is 0 Å². The summed E-state index contributed by atoms with van der Waals surface area (Å²) in [5.74, 6) is -0.713. The summed E-state index contributed by atoms with van der Waals surface area (Å²) < 4.78 is 9.18. The molecule has 2 N–H and O–H groups in total. The highest BCUT2D eigenvalue weighted by atomic mass is 35.5. The summed E-state index contributed by atoms with van der Waals surface area (Å²) in [6, 6.07) is 0. The lowest BCUT2D eigenvalue weighted by Crippen LogP contribution is -2.11. The second kappa shape index (κ2) is 4.10. The molecule has 0 aromatic carbocycles. The molecule has 0 aliphatic carbocycles. The van der Waals surface area contributed by atoms with Gasteiger partial charge < -0.3 is 15.2 Å². The number of hydrogen-bond donors (Lipinski definition) is 1. The monoisotopic (exact) mass is 217 g/mol. The maximum Gasteiger partial charge on any atom is 0.360 e. The van der Waals surface area contributed by atoms with Gasteiger partial charge in [0, 0.05) is 0 Å². The first kappa shape index (κ1) is 10.5. The molecule has 1 rings (SSSR count). The lowest BCUT2D eigenvalue weighted by atomic mass is 10.4. The van der Waals surface area contributed by atoms with Gasteiger partial charge in [0.2, 0.25) is 0 Å². The Hall–Kier alpha value is -1.56. The van der Waals surface area contributed by atoms with Gasteiger partial charge in [-0.1, -0.05) is 11.6 Å². The number of methoxy groups -OCH3 is 2. The van der Waals surface area contributed by atoms with Gasteiger partial charge >= 0.3 is 5.97 Å². The van der Waals surface area contributed by atoms with Gasteiger partial charge in [0.25, 0.3) is 5.88 Å². The minimum atomic E-state index is -0.695. The van der Waals surface area contributed by atoms with Gasteiger partial charge in [0.15, 0.2) is 16.7 Å². The minimum absolute atomic E-state index is 0.0397. The lowest BCUT2D eigenvalue weighted by molar-refractivity contribution is 0.0595. The smallest absolute Gasteiger partial charge is 0.360 e. The first-order valence-electron chi connectivity index (χ1n) is 3.55. The molecule has 0 unspecified atom stereocenters. The quantitative estimate of drug-likeness (QED) is 0.727. The van der Waals surface area contributed by atoms with Gasteiger partial charge in [-0.2, -0.15) is 4.98 Å². The summed E-state index contributed by atoms with van der Waals surface area (Å²) in [7, 11) is 2.58. The minimum Gasteiger partial charge on any atom is -0.479 e. The van der Waals surface area contributed by atoms with Crippen LogP contribution in [0.4, 0.5) is 5.82 Å². The zero-order valence-electron chi connectivity index (χ0n) is 7.57. The summed E-state index contributed by atoms with van der Waals surface area (Å²) in [6.45, 7) is 0. The van der Waals surface area contributed by atoms with Crippen molar-refractivity contribution in [2.45, 2.75) is 0 Å². The Morgan fingerprint density at radius 3 is 2.57 bits per heavy atom. The molecule has 6 nitrogen and oxygen atoms in total. The van der Waals surface area contributed by atoms with E-state index >= 15 is 0 Å². The second-order valence-corrected chi connectivity index (χ2v) is 2.61.